The van der Waals surface area contributed by atoms with Crippen molar-refractivity contribution >= 4 is 31.8 Å². The van der Waals surface area contributed by atoms with E-state index in [1.54, 1.807) is 12.1 Å². The molecule has 0 aliphatic heterocycles. The second-order valence-corrected chi connectivity index (χ2v) is 10.3. The van der Waals surface area contributed by atoms with E-state index in [4.69, 9.17) is 0 Å². The average molecular weight is 504 g/mol. The van der Waals surface area contributed by atoms with Crippen LogP contribution in [0.5, 0.6) is 0 Å². The molecule has 0 bridgehead atoms. The Balaban J connectivity index is 1.75. The average Bonchev–Trinajstić information content (AvgIpc) is 3.24. The molecule has 1 heterocycles. The van der Waals surface area contributed by atoms with E-state index in [1.165, 1.54) is 44.1 Å². The molecular formula is C24H28N2O2Te. The van der Waals surface area contributed by atoms with Crippen LogP contribution in [0, 0.1) is 10.1 Å². The van der Waals surface area contributed by atoms with Gasteiger partial charge < -0.3 is 0 Å². The number of rotatable bonds is 10. The van der Waals surface area contributed by atoms with E-state index in [0.29, 0.717) is 0 Å². The van der Waals surface area contributed by atoms with Gasteiger partial charge in [-0.2, -0.15) is 0 Å². The molecule has 0 unspecified atom stereocenters. The maximum absolute atomic E-state index is 10.8. The quantitative estimate of drug-likeness (QED) is 0.183. The molecule has 3 rings (SSSR count). The first kappa shape index (κ1) is 21.6. The Morgan fingerprint density at radius 3 is 1.72 bits per heavy atom. The minimum absolute atomic E-state index is 0.146. The monoisotopic (exact) mass is 506 g/mol. The standard InChI is InChI=1S/C24H28N2O2Te/c1-3-5-17-25(18-6-4-2)21-11-7-19(8-12-21)23-15-16-24(29-23)20-9-13-22(14-10-20)26(27)28/h7-16H,3-6,17-18H2,1-2H3. The van der Waals surface area contributed by atoms with Crippen LogP contribution in [-0.4, -0.2) is 38.4 Å². The van der Waals surface area contributed by atoms with Gasteiger partial charge in [0.1, 0.15) is 0 Å². The van der Waals surface area contributed by atoms with Crippen LogP contribution < -0.4 is 4.90 Å². The summed E-state index contributed by atoms with van der Waals surface area (Å²) in [6.07, 6.45) is 4.89. The number of nitro groups is 1. The topological polar surface area (TPSA) is 46.4 Å². The van der Waals surface area contributed by atoms with Crippen molar-refractivity contribution in [2.75, 3.05) is 18.0 Å². The fraction of sp³-hybridized carbons (Fsp3) is 0.333. The van der Waals surface area contributed by atoms with Crippen molar-refractivity contribution in [2.45, 2.75) is 39.5 Å². The zero-order valence-corrected chi connectivity index (χ0v) is 19.5. The predicted molar refractivity (Wildman–Crippen MR) is 123 cm³/mol. The molecule has 0 atom stereocenters. The molecule has 4 nitrogen and oxygen atoms in total. The van der Waals surface area contributed by atoms with Crippen LogP contribution in [-0.2, 0) is 0 Å². The molecule has 0 N–H and O–H groups in total. The summed E-state index contributed by atoms with van der Waals surface area (Å²) in [7, 11) is 0. The van der Waals surface area contributed by atoms with Crippen LogP contribution in [0.1, 0.15) is 39.5 Å². The van der Waals surface area contributed by atoms with E-state index in [9.17, 15) is 10.1 Å². The van der Waals surface area contributed by atoms with Crippen LogP contribution in [0.2, 0.25) is 0 Å². The zero-order chi connectivity index (χ0) is 20.6. The minimum atomic E-state index is -0.485. The van der Waals surface area contributed by atoms with Gasteiger partial charge in [-0.15, -0.1) is 0 Å². The van der Waals surface area contributed by atoms with Crippen molar-refractivity contribution < 1.29 is 4.92 Å². The Labute approximate surface area is 183 Å². The summed E-state index contributed by atoms with van der Waals surface area (Å²) in [4.78, 5) is 13.0. The first-order chi connectivity index (χ1) is 14.1. The molecule has 0 aliphatic rings. The summed E-state index contributed by atoms with van der Waals surface area (Å²) < 4.78 is 2.75. The summed E-state index contributed by atoms with van der Waals surface area (Å²) in [5.41, 5.74) is 3.87. The van der Waals surface area contributed by atoms with E-state index < -0.39 is 20.4 Å². The summed E-state index contributed by atoms with van der Waals surface area (Å²) in [6.45, 7) is 6.73. The van der Waals surface area contributed by atoms with E-state index >= 15 is 0 Å². The summed E-state index contributed by atoms with van der Waals surface area (Å²) in [6, 6.07) is 20.4. The third-order valence-corrected chi connectivity index (χ3v) is 8.43. The first-order valence-corrected chi connectivity index (χ1v) is 12.7. The molecule has 0 aliphatic carbocycles. The Morgan fingerprint density at radius 1 is 0.793 bits per heavy atom. The molecule has 2 aromatic carbocycles. The Morgan fingerprint density at radius 2 is 1.28 bits per heavy atom. The number of non-ortho nitro benzene ring substituents is 1. The van der Waals surface area contributed by atoms with Crippen molar-refractivity contribution in [3.8, 4) is 18.3 Å². The maximum atomic E-state index is 10.8. The molecule has 1 aromatic heterocycles. The van der Waals surface area contributed by atoms with Gasteiger partial charge in [0.2, 0.25) is 0 Å². The van der Waals surface area contributed by atoms with Gasteiger partial charge in [0, 0.05) is 0 Å². The van der Waals surface area contributed by atoms with Gasteiger partial charge in [0.15, 0.2) is 0 Å². The Kier molecular flexibility index (Phi) is 7.91. The second kappa shape index (κ2) is 10.6. The molecule has 0 amide bonds. The number of benzene rings is 2. The van der Waals surface area contributed by atoms with Gasteiger partial charge in [-0.1, -0.05) is 0 Å². The molecule has 5 heteroatoms. The van der Waals surface area contributed by atoms with Crippen LogP contribution in [0.3, 0.4) is 0 Å². The molecule has 29 heavy (non-hydrogen) atoms. The van der Waals surface area contributed by atoms with E-state index in [-0.39, 0.29) is 10.6 Å². The molecule has 0 radical (unpaired) electrons. The van der Waals surface area contributed by atoms with Gasteiger partial charge in [0.05, 0.1) is 0 Å². The summed E-state index contributed by atoms with van der Waals surface area (Å²) in [5.74, 6) is 0. The molecule has 0 saturated heterocycles. The summed E-state index contributed by atoms with van der Waals surface area (Å²) in [5, 5.41) is 10.8. The van der Waals surface area contributed by atoms with Crippen LogP contribution in [0.25, 0.3) is 18.3 Å². The number of nitrogens with zero attached hydrogens (tertiary/aromatic N) is 2. The van der Waals surface area contributed by atoms with Gasteiger partial charge in [-0.3, -0.25) is 0 Å². The third-order valence-electron chi connectivity index (χ3n) is 5.05. The molecular weight excluding hydrogens is 476 g/mol. The van der Waals surface area contributed by atoms with Crippen molar-refractivity contribution in [2.24, 2.45) is 0 Å². The first-order valence-electron chi connectivity index (χ1n) is 10.3. The van der Waals surface area contributed by atoms with Crippen molar-refractivity contribution in [1.82, 2.24) is 0 Å². The predicted octanol–water partition coefficient (Wildman–Crippen LogP) is 6.39. The fourth-order valence-corrected chi connectivity index (χ4v) is 6.20. The number of hydrogen-bond donors (Lipinski definition) is 0. The van der Waals surface area contributed by atoms with Gasteiger partial charge in [-0.25, -0.2) is 0 Å². The Hall–Kier alpha value is -2.09. The molecule has 3 aromatic rings. The van der Waals surface area contributed by atoms with E-state index in [2.05, 4.69) is 55.1 Å². The normalized spacial score (nSPS) is 10.8. The Bertz CT molecular complexity index is 909. The SMILES string of the molecule is CCCCN(CCCC)c1ccc(-c2ccc(-c3ccc([N+](=O)[O-])cc3)[te]2)cc1. The molecule has 0 saturated carbocycles. The number of nitro benzene ring substituents is 1. The fourth-order valence-electron chi connectivity index (χ4n) is 3.30. The number of anilines is 1. The van der Waals surface area contributed by atoms with Crippen LogP contribution in [0.15, 0.2) is 60.7 Å². The van der Waals surface area contributed by atoms with Gasteiger partial charge >= 0.3 is 183 Å². The molecule has 0 fully saturated rings. The van der Waals surface area contributed by atoms with Crippen molar-refractivity contribution in [1.29, 1.82) is 0 Å². The van der Waals surface area contributed by atoms with Crippen molar-refractivity contribution in [3.63, 3.8) is 0 Å². The zero-order valence-electron chi connectivity index (χ0n) is 17.1. The third kappa shape index (κ3) is 5.71. The van der Waals surface area contributed by atoms with Crippen LogP contribution in [0.4, 0.5) is 11.4 Å². The van der Waals surface area contributed by atoms with E-state index in [1.807, 2.05) is 12.1 Å². The van der Waals surface area contributed by atoms with Crippen LogP contribution >= 0.6 is 0 Å². The molecule has 152 valence electrons. The second-order valence-electron chi connectivity index (χ2n) is 7.21. The number of hydrogen-bond acceptors (Lipinski definition) is 3. The van der Waals surface area contributed by atoms with Gasteiger partial charge in [0.25, 0.3) is 0 Å². The van der Waals surface area contributed by atoms with Gasteiger partial charge in [-0.05, 0) is 0 Å². The molecule has 0 spiro atoms. The van der Waals surface area contributed by atoms with E-state index in [0.717, 1.165) is 18.7 Å². The van der Waals surface area contributed by atoms with Crippen molar-refractivity contribution in [3.05, 3.63) is 70.8 Å². The summed E-state index contributed by atoms with van der Waals surface area (Å²) >= 11 is -0.485. The number of unbranched alkanes of at least 4 members (excludes halogenated alkanes) is 2.